The number of rotatable bonds is 6. The maximum atomic E-state index is 13.5. The van der Waals surface area contributed by atoms with E-state index in [1.54, 1.807) is 19.2 Å². The van der Waals surface area contributed by atoms with E-state index in [0.29, 0.717) is 6.54 Å². The predicted molar refractivity (Wildman–Crippen MR) is 140 cm³/mol. The van der Waals surface area contributed by atoms with E-state index in [-0.39, 0.29) is 5.82 Å². The van der Waals surface area contributed by atoms with Crippen LogP contribution >= 0.6 is 12.8 Å². The average Bonchev–Trinajstić information content (AvgIpc) is 3.06. The minimum Gasteiger partial charge on any atom is -0.381 e. The summed E-state index contributed by atoms with van der Waals surface area (Å²) in [6.45, 7) is 16.7. The van der Waals surface area contributed by atoms with Crippen molar-refractivity contribution >= 4 is 23.8 Å². The molecule has 6 heteroatoms. The maximum Gasteiger partial charge on any atom is 0.125 e. The normalized spacial score (nSPS) is 9.97. The van der Waals surface area contributed by atoms with Crippen molar-refractivity contribution in [2.45, 2.75) is 61.4 Å². The summed E-state index contributed by atoms with van der Waals surface area (Å²) in [4.78, 5) is 4.50. The Hall–Kier alpha value is -1.89. The van der Waals surface area contributed by atoms with Gasteiger partial charge in [-0.1, -0.05) is 71.7 Å². The van der Waals surface area contributed by atoms with Gasteiger partial charge in [0.25, 0.3) is 0 Å². The Balaban J connectivity index is 0.000000926. The van der Waals surface area contributed by atoms with E-state index in [4.69, 9.17) is 4.74 Å². The Bertz CT molecular complexity index is 861. The van der Waals surface area contributed by atoms with Crippen LogP contribution in [0.5, 0.6) is 0 Å². The van der Waals surface area contributed by atoms with Gasteiger partial charge >= 0.3 is 0 Å². The van der Waals surface area contributed by atoms with Crippen LogP contribution in [0.3, 0.4) is 0 Å². The van der Waals surface area contributed by atoms with Crippen molar-refractivity contribution < 1.29 is 9.13 Å². The molecule has 2 aromatic carbocycles. The van der Waals surface area contributed by atoms with Gasteiger partial charge in [-0.2, -0.15) is 0 Å². The van der Waals surface area contributed by atoms with E-state index in [9.17, 15) is 4.39 Å². The third kappa shape index (κ3) is 11.7. The van der Waals surface area contributed by atoms with Crippen LogP contribution in [0.25, 0.3) is 11.0 Å². The van der Waals surface area contributed by atoms with Crippen molar-refractivity contribution in [3.8, 4) is 0 Å². The zero-order valence-electron chi connectivity index (χ0n) is 21.1. The summed E-state index contributed by atoms with van der Waals surface area (Å²) in [5, 5.41) is 0. The van der Waals surface area contributed by atoms with Crippen molar-refractivity contribution in [1.29, 1.82) is 0 Å². The Labute approximate surface area is 200 Å². The first-order valence-electron chi connectivity index (χ1n) is 11.4. The Morgan fingerprint density at radius 1 is 1.06 bits per heavy atom. The van der Waals surface area contributed by atoms with Crippen molar-refractivity contribution in [2.75, 3.05) is 20.3 Å². The number of aromatic nitrogens is 2. The number of halogens is 1. The molecule has 3 rings (SSSR count). The third-order valence-electron chi connectivity index (χ3n) is 4.00. The summed E-state index contributed by atoms with van der Waals surface area (Å²) >= 11 is 3.54. The molecule has 3 aromatic rings. The molecule has 0 bridgehead atoms. The highest BCUT2D eigenvalue weighted by Crippen LogP contribution is 2.19. The predicted octanol–water partition coefficient (Wildman–Crippen LogP) is 6.85. The average molecular weight is 464 g/mol. The van der Waals surface area contributed by atoms with E-state index in [1.807, 2.05) is 32.3 Å². The molecule has 0 atom stereocenters. The molecule has 0 spiro atoms. The fourth-order valence-corrected chi connectivity index (χ4v) is 2.74. The van der Waals surface area contributed by atoms with Gasteiger partial charge in [-0.25, -0.2) is 9.37 Å². The number of benzene rings is 2. The van der Waals surface area contributed by atoms with Crippen molar-refractivity contribution in [3.63, 3.8) is 0 Å². The van der Waals surface area contributed by atoms with E-state index in [1.165, 1.54) is 17.2 Å². The number of nitrogens with one attached hydrogen (secondary N) is 1. The van der Waals surface area contributed by atoms with Crippen LogP contribution < -0.4 is 4.72 Å². The maximum absolute atomic E-state index is 13.5. The first-order chi connectivity index (χ1) is 15.3. The summed E-state index contributed by atoms with van der Waals surface area (Å²) in [7, 11) is 1.74. The van der Waals surface area contributed by atoms with Crippen LogP contribution in [0, 0.1) is 18.7 Å². The van der Waals surface area contributed by atoms with Crippen molar-refractivity contribution in [1.82, 2.24) is 14.3 Å². The van der Waals surface area contributed by atoms with Crippen LogP contribution in [-0.4, -0.2) is 29.8 Å². The van der Waals surface area contributed by atoms with Gasteiger partial charge in [-0.3, -0.25) is 4.72 Å². The quantitative estimate of drug-likeness (QED) is 0.310. The molecule has 0 aliphatic carbocycles. The molecule has 0 aliphatic rings. The molecule has 0 amide bonds. The second-order valence-electron chi connectivity index (χ2n) is 7.60. The molecule has 1 heterocycles. The lowest BCUT2D eigenvalue weighted by atomic mass is 10.1. The molecule has 1 aromatic heterocycles. The smallest absolute Gasteiger partial charge is 0.125 e. The molecular weight excluding hydrogens is 421 g/mol. The second-order valence-corrected chi connectivity index (χ2v) is 8.04. The fourth-order valence-electron chi connectivity index (χ4n) is 2.74. The van der Waals surface area contributed by atoms with Gasteiger partial charge in [0.2, 0.25) is 0 Å². The van der Waals surface area contributed by atoms with Gasteiger partial charge in [-0.15, -0.1) is 0 Å². The number of hydrogen-bond donors (Lipinski definition) is 2. The lowest BCUT2D eigenvalue weighted by Crippen LogP contribution is -2.03. The Morgan fingerprint density at radius 2 is 1.59 bits per heavy atom. The zero-order valence-corrected chi connectivity index (χ0v) is 22.0. The second kappa shape index (κ2) is 17.6. The Kier molecular flexibility index (Phi) is 16.6. The largest absolute Gasteiger partial charge is 0.381 e. The monoisotopic (exact) mass is 463 g/mol. The Morgan fingerprint density at radius 3 is 2.12 bits per heavy atom. The molecule has 0 radical (unpaired) electrons. The number of fused-ring (bicyclic) bond motifs is 1. The molecule has 0 saturated heterocycles. The summed E-state index contributed by atoms with van der Waals surface area (Å²) in [5.41, 5.74) is 4.11. The van der Waals surface area contributed by atoms with Crippen LogP contribution in [0.15, 0.2) is 42.5 Å². The number of ether oxygens (including phenoxy) is 1. The molecular formula is C26H42FN3OS. The molecule has 32 heavy (non-hydrogen) atoms. The van der Waals surface area contributed by atoms with E-state index in [2.05, 4.69) is 67.6 Å². The molecule has 0 saturated carbocycles. The van der Waals surface area contributed by atoms with Crippen LogP contribution in [-0.2, 0) is 17.7 Å². The van der Waals surface area contributed by atoms with E-state index in [0.717, 1.165) is 42.4 Å². The zero-order chi connectivity index (χ0) is 24.5. The lowest BCUT2D eigenvalue weighted by molar-refractivity contribution is 0.151. The minimum absolute atomic E-state index is 0.232. The van der Waals surface area contributed by atoms with Crippen molar-refractivity contribution in [3.05, 3.63) is 65.2 Å². The third-order valence-corrected chi connectivity index (χ3v) is 4.00. The number of nitrogens with zero attached hydrogens (tertiary/aromatic N) is 2. The first-order valence-corrected chi connectivity index (χ1v) is 11.9. The van der Waals surface area contributed by atoms with Crippen LogP contribution in [0.1, 0.15) is 58.5 Å². The van der Waals surface area contributed by atoms with Gasteiger partial charge in [0, 0.05) is 13.2 Å². The lowest BCUT2D eigenvalue weighted by Gasteiger charge is -2.08. The highest BCUT2D eigenvalue weighted by Gasteiger charge is 2.09. The highest BCUT2D eigenvalue weighted by atomic mass is 32.1. The topological polar surface area (TPSA) is 39.1 Å². The summed E-state index contributed by atoms with van der Waals surface area (Å²) in [5.74, 6) is 1.50. The molecule has 180 valence electrons. The van der Waals surface area contributed by atoms with Gasteiger partial charge in [0.15, 0.2) is 0 Å². The molecule has 0 fully saturated rings. The fraction of sp³-hybridized carbons (Fsp3) is 0.500. The van der Waals surface area contributed by atoms with E-state index >= 15 is 0 Å². The number of thiol groups is 1. The SMILES string of the molecule is CC.CC(C)C.CCOCCc1ccc(Cn2c(C)nc3ccc(F)cc32)cc1.CNS. The van der Waals surface area contributed by atoms with Crippen LogP contribution in [0.2, 0.25) is 0 Å². The molecule has 1 N–H and O–H groups in total. The molecule has 4 nitrogen and oxygen atoms in total. The van der Waals surface area contributed by atoms with Crippen molar-refractivity contribution in [2.24, 2.45) is 5.92 Å². The number of hydrogen-bond acceptors (Lipinski definition) is 4. The summed E-state index contributed by atoms with van der Waals surface area (Å²) < 4.78 is 23.4. The standard InChI is InChI=1S/C19H21FN2O.C4H10.C2H6.CH5NS/c1-3-23-11-10-15-4-6-16(7-5-15)13-22-14(2)21-18-9-8-17(20)12-19(18)22;1-4(2)3;1-2;1-2-3/h4-9,12H,3,10-11,13H2,1-2H3;4H,1-3H3;1-2H3;2-3H,1H3. The number of aryl methyl sites for hydroxylation is 1. The molecule has 0 aliphatic heterocycles. The van der Waals surface area contributed by atoms with Gasteiger partial charge in [-0.05, 0) is 62.6 Å². The van der Waals surface area contributed by atoms with Crippen LogP contribution in [0.4, 0.5) is 4.39 Å². The molecule has 0 unspecified atom stereocenters. The van der Waals surface area contributed by atoms with E-state index < -0.39 is 0 Å². The summed E-state index contributed by atoms with van der Waals surface area (Å²) in [6, 6.07) is 13.2. The number of imidazole rings is 1. The minimum atomic E-state index is -0.232. The first kappa shape index (κ1) is 30.1. The van der Waals surface area contributed by atoms with Gasteiger partial charge < -0.3 is 9.30 Å². The van der Waals surface area contributed by atoms with Gasteiger partial charge in [0.05, 0.1) is 17.6 Å². The summed E-state index contributed by atoms with van der Waals surface area (Å²) in [6.07, 6.45) is 0.923. The highest BCUT2D eigenvalue weighted by molar-refractivity contribution is 7.78. The van der Waals surface area contributed by atoms with Gasteiger partial charge in [0.1, 0.15) is 11.6 Å².